The Labute approximate surface area is 75.5 Å². The molecule has 60 valence electrons. The molecule has 0 fully saturated rings. The Morgan fingerprint density at radius 3 is 1.40 bits per heavy atom. The van der Waals surface area contributed by atoms with Crippen LogP contribution in [0.25, 0.3) is 0 Å². The summed E-state index contributed by atoms with van der Waals surface area (Å²) in [5.41, 5.74) is 0. The molecule has 0 spiro atoms. The number of nitrogens with zero attached hydrogens (tertiary/aromatic N) is 1. The molecular weight excluding hydrogens is 294 g/mol. The monoisotopic (exact) mass is 311 g/mol. The molecule has 0 aliphatic carbocycles. The third-order valence-corrected chi connectivity index (χ3v) is 2.27. The van der Waals surface area contributed by atoms with Crippen LogP contribution in [0.15, 0.2) is 12.2 Å². The summed E-state index contributed by atoms with van der Waals surface area (Å²) in [6.45, 7) is 6.12. The van der Waals surface area contributed by atoms with E-state index >= 15 is 0 Å². The third-order valence-electron chi connectivity index (χ3n) is 0.963. The maximum absolute atomic E-state index is 2.12. The quantitative estimate of drug-likeness (QED) is 0.668. The van der Waals surface area contributed by atoms with E-state index in [0.717, 1.165) is 0 Å². The van der Waals surface area contributed by atoms with Crippen LogP contribution in [0.4, 0.5) is 0 Å². The molecule has 0 aromatic carbocycles. The molecule has 0 rings (SSSR count). The van der Waals surface area contributed by atoms with Crippen molar-refractivity contribution in [2.75, 3.05) is 14.1 Å². The summed E-state index contributed by atoms with van der Waals surface area (Å²) < 4.78 is 1.43. The van der Waals surface area contributed by atoms with Crippen molar-refractivity contribution in [1.29, 1.82) is 0 Å². The fourth-order valence-corrected chi connectivity index (χ4v) is 0. The van der Waals surface area contributed by atoms with E-state index in [2.05, 4.69) is 25.9 Å². The second-order valence-corrected chi connectivity index (χ2v) is 4.20. The van der Waals surface area contributed by atoms with E-state index in [1.54, 1.807) is 19.4 Å². The molecule has 0 radical (unpaired) electrons. The molecule has 0 unspecified atom stereocenters. The zero-order valence-corrected chi connectivity index (χ0v) is 10.4. The van der Waals surface area contributed by atoms with E-state index in [1.165, 1.54) is 4.02 Å². The molecule has 0 aliphatic rings. The van der Waals surface area contributed by atoms with Gasteiger partial charge < -0.3 is 0 Å². The van der Waals surface area contributed by atoms with Crippen LogP contribution in [-0.2, 0) is 19.4 Å². The van der Waals surface area contributed by atoms with Gasteiger partial charge in [0.1, 0.15) is 0 Å². The summed E-state index contributed by atoms with van der Waals surface area (Å²) in [6.07, 6.45) is 4.00. The summed E-state index contributed by atoms with van der Waals surface area (Å²) in [6, 6.07) is 0. The van der Waals surface area contributed by atoms with Crippen LogP contribution < -0.4 is 0 Å². The molecule has 0 aromatic rings. The Balaban J connectivity index is 0. The molecule has 0 saturated carbocycles. The predicted octanol–water partition coefficient (Wildman–Crippen LogP) is 1.83. The zero-order chi connectivity index (χ0) is 8.57. The van der Waals surface area contributed by atoms with Gasteiger partial charge >= 0.3 is 49.3 Å². The van der Waals surface area contributed by atoms with Gasteiger partial charge in [-0.3, -0.25) is 0 Å². The Bertz CT molecular complexity index is 102. The van der Waals surface area contributed by atoms with Crippen molar-refractivity contribution in [3.63, 3.8) is 0 Å². The Morgan fingerprint density at radius 2 is 1.40 bits per heavy atom. The van der Waals surface area contributed by atoms with Gasteiger partial charge in [0.2, 0.25) is 0 Å². The summed E-state index contributed by atoms with van der Waals surface area (Å²) in [5, 5.41) is 0. The van der Waals surface area contributed by atoms with E-state index in [4.69, 9.17) is 0 Å². The standard InChI is InChI=1S/C4H9N.C4H8.W/c1-4-5(2)3;1-3-4-2;/h1-3H3;3-4H,1-2H3;. The van der Waals surface area contributed by atoms with Crippen LogP contribution >= 0.6 is 0 Å². The van der Waals surface area contributed by atoms with E-state index < -0.39 is 0 Å². The van der Waals surface area contributed by atoms with Gasteiger partial charge in [0.25, 0.3) is 0 Å². The summed E-state index contributed by atoms with van der Waals surface area (Å²) in [4.78, 5) is 2.12. The fourth-order valence-electron chi connectivity index (χ4n) is 0. The Hall–Kier alpha value is 0.258. The minimum absolute atomic E-state index is 1.43. The molecule has 0 amide bonds. The molecule has 0 heterocycles. The van der Waals surface area contributed by atoms with Gasteiger partial charge in [0.05, 0.1) is 0 Å². The Kier molecular flexibility index (Phi) is 11.9. The van der Waals surface area contributed by atoms with E-state index in [9.17, 15) is 0 Å². The topological polar surface area (TPSA) is 3.24 Å². The average Bonchev–Trinajstić information content (AvgIpc) is 1.89. The van der Waals surface area contributed by atoms with Crippen molar-refractivity contribution >= 4 is 4.02 Å². The molecule has 10 heavy (non-hydrogen) atoms. The van der Waals surface area contributed by atoms with Crippen molar-refractivity contribution in [3.05, 3.63) is 12.2 Å². The molecule has 0 atom stereocenters. The fraction of sp³-hybridized carbons (Fsp3) is 0.625. The van der Waals surface area contributed by atoms with Gasteiger partial charge in [-0.1, -0.05) is 12.2 Å². The first kappa shape index (κ1) is 12.9. The summed E-state index contributed by atoms with van der Waals surface area (Å²) >= 11 is 1.55. The van der Waals surface area contributed by atoms with Crippen molar-refractivity contribution in [1.82, 2.24) is 4.90 Å². The SMILES string of the molecule is CC=CC.C[C](=[W])N(C)C. The van der Waals surface area contributed by atoms with E-state index in [1.807, 2.05) is 26.0 Å². The summed E-state index contributed by atoms with van der Waals surface area (Å²) in [7, 11) is 4.12. The van der Waals surface area contributed by atoms with Gasteiger partial charge in [0.15, 0.2) is 0 Å². The number of rotatable bonds is 1. The van der Waals surface area contributed by atoms with Crippen molar-refractivity contribution in [2.45, 2.75) is 20.8 Å². The van der Waals surface area contributed by atoms with Crippen molar-refractivity contribution in [2.24, 2.45) is 0 Å². The second-order valence-electron chi connectivity index (χ2n) is 2.08. The van der Waals surface area contributed by atoms with Crippen LogP contribution in [0, 0.1) is 0 Å². The van der Waals surface area contributed by atoms with Gasteiger partial charge in [-0.05, 0) is 13.8 Å². The van der Waals surface area contributed by atoms with Gasteiger partial charge in [-0.2, -0.15) is 0 Å². The number of allylic oxidation sites excluding steroid dienone is 2. The molecule has 2 heteroatoms. The van der Waals surface area contributed by atoms with Crippen LogP contribution in [0.3, 0.4) is 0 Å². The first-order valence-electron chi connectivity index (χ1n) is 3.31. The van der Waals surface area contributed by atoms with E-state index in [0.29, 0.717) is 0 Å². The molecular formula is C8H17NW. The van der Waals surface area contributed by atoms with E-state index in [-0.39, 0.29) is 0 Å². The van der Waals surface area contributed by atoms with Crippen molar-refractivity contribution in [3.8, 4) is 0 Å². The minimum atomic E-state index is 1.43. The third kappa shape index (κ3) is 15.7. The number of hydrogen-bond donors (Lipinski definition) is 0. The first-order valence-corrected chi connectivity index (χ1v) is 4.78. The predicted molar refractivity (Wildman–Crippen MR) is 44.9 cm³/mol. The molecule has 0 aliphatic heterocycles. The maximum atomic E-state index is 2.12. The normalized spacial score (nSPS) is 9.40. The molecule has 0 bridgehead atoms. The van der Waals surface area contributed by atoms with Crippen LogP contribution in [0.1, 0.15) is 20.8 Å². The molecule has 0 saturated heterocycles. The van der Waals surface area contributed by atoms with Crippen LogP contribution in [-0.4, -0.2) is 23.0 Å². The zero-order valence-electron chi connectivity index (χ0n) is 7.51. The van der Waals surface area contributed by atoms with Crippen LogP contribution in [0.5, 0.6) is 0 Å². The average molecular weight is 311 g/mol. The van der Waals surface area contributed by atoms with Crippen LogP contribution in [0.2, 0.25) is 0 Å². The van der Waals surface area contributed by atoms with Gasteiger partial charge in [0, 0.05) is 0 Å². The van der Waals surface area contributed by atoms with Gasteiger partial charge in [-0.15, -0.1) is 0 Å². The van der Waals surface area contributed by atoms with Gasteiger partial charge in [-0.25, -0.2) is 0 Å². The summed E-state index contributed by atoms with van der Waals surface area (Å²) in [5.74, 6) is 0. The molecule has 0 aromatic heterocycles. The Morgan fingerprint density at radius 1 is 1.20 bits per heavy atom. The molecule has 0 N–H and O–H groups in total. The first-order chi connectivity index (χ1) is 4.56. The number of hydrogen-bond acceptors (Lipinski definition) is 1. The second kappa shape index (κ2) is 9.26. The molecule has 1 nitrogen and oxygen atoms in total. The van der Waals surface area contributed by atoms with Crippen molar-refractivity contribution < 1.29 is 19.4 Å².